The molecule has 6 heteroatoms. The van der Waals surface area contributed by atoms with Gasteiger partial charge in [-0.1, -0.05) is 12.1 Å². The molecule has 25 heavy (non-hydrogen) atoms. The molecule has 2 aromatic rings. The number of likely N-dealkylation sites (tertiary alicyclic amines) is 1. The number of amides is 2. The Kier molecular flexibility index (Phi) is 5.50. The van der Waals surface area contributed by atoms with Gasteiger partial charge in [0.1, 0.15) is 0 Å². The Morgan fingerprint density at radius 1 is 1.20 bits per heavy atom. The molecular weight excluding hydrogens is 320 g/mol. The van der Waals surface area contributed by atoms with Crippen molar-refractivity contribution in [3.63, 3.8) is 0 Å². The van der Waals surface area contributed by atoms with E-state index in [0.29, 0.717) is 24.2 Å². The first kappa shape index (κ1) is 17.2. The number of furan rings is 1. The average molecular weight is 342 g/mol. The van der Waals surface area contributed by atoms with E-state index in [-0.39, 0.29) is 24.3 Å². The lowest BCUT2D eigenvalue weighted by atomic mass is 9.98. The minimum Gasteiger partial charge on any atom is -0.459 e. The van der Waals surface area contributed by atoms with E-state index in [9.17, 15) is 14.7 Å². The average Bonchev–Trinajstić information content (AvgIpc) is 3.17. The van der Waals surface area contributed by atoms with Crippen LogP contribution in [0.2, 0.25) is 0 Å². The fourth-order valence-corrected chi connectivity index (χ4v) is 3.24. The van der Waals surface area contributed by atoms with Crippen LogP contribution in [-0.4, -0.2) is 41.0 Å². The first-order chi connectivity index (χ1) is 12.2. The Morgan fingerprint density at radius 2 is 2.04 bits per heavy atom. The lowest BCUT2D eigenvalue weighted by Gasteiger charge is -2.36. The van der Waals surface area contributed by atoms with E-state index in [4.69, 9.17) is 4.42 Å². The highest BCUT2D eigenvalue weighted by Gasteiger charge is 2.28. The standard InChI is InChI=1S/C19H22N2O4/c22-12-10-14-6-3-4-11-21(14)19(24)15-7-1-2-8-16(15)20-18(23)17-9-5-13-25-17/h1-2,5,7-9,13-14,22H,3-4,6,10-12H2,(H,20,23)/t14-/m0/s1. The Hall–Kier alpha value is -2.60. The molecule has 0 bridgehead atoms. The summed E-state index contributed by atoms with van der Waals surface area (Å²) in [6.07, 6.45) is 4.92. The van der Waals surface area contributed by atoms with Crippen molar-refractivity contribution < 1.29 is 19.1 Å². The van der Waals surface area contributed by atoms with E-state index in [1.165, 1.54) is 6.26 Å². The molecule has 0 unspecified atom stereocenters. The zero-order valence-electron chi connectivity index (χ0n) is 14.0. The summed E-state index contributed by atoms with van der Waals surface area (Å²) in [5, 5.41) is 12.0. The molecule has 1 aliphatic heterocycles. The summed E-state index contributed by atoms with van der Waals surface area (Å²) in [6, 6.07) is 10.2. The first-order valence-corrected chi connectivity index (χ1v) is 8.56. The second kappa shape index (κ2) is 7.98. The predicted octanol–water partition coefficient (Wildman–Crippen LogP) is 2.91. The van der Waals surface area contributed by atoms with Gasteiger partial charge < -0.3 is 19.7 Å². The molecule has 1 aromatic heterocycles. The minimum absolute atomic E-state index is 0.0417. The number of piperidine rings is 1. The van der Waals surface area contributed by atoms with Gasteiger partial charge in [0.05, 0.1) is 17.5 Å². The van der Waals surface area contributed by atoms with Crippen molar-refractivity contribution in [2.75, 3.05) is 18.5 Å². The lowest BCUT2D eigenvalue weighted by molar-refractivity contribution is 0.0575. The molecule has 3 rings (SSSR count). The summed E-state index contributed by atoms with van der Waals surface area (Å²) < 4.78 is 5.10. The number of carbonyl (C=O) groups is 2. The van der Waals surface area contributed by atoms with Gasteiger partial charge in [0.2, 0.25) is 0 Å². The smallest absolute Gasteiger partial charge is 0.291 e. The van der Waals surface area contributed by atoms with Gasteiger partial charge in [0.25, 0.3) is 11.8 Å². The number of anilines is 1. The Labute approximate surface area is 146 Å². The van der Waals surface area contributed by atoms with Crippen molar-refractivity contribution in [1.82, 2.24) is 4.90 Å². The number of aliphatic hydroxyl groups is 1. The Morgan fingerprint density at radius 3 is 2.80 bits per heavy atom. The largest absolute Gasteiger partial charge is 0.459 e. The van der Waals surface area contributed by atoms with Gasteiger partial charge in [-0.05, 0) is 49.9 Å². The fourth-order valence-electron chi connectivity index (χ4n) is 3.24. The van der Waals surface area contributed by atoms with Crippen molar-refractivity contribution in [3.8, 4) is 0 Å². The second-order valence-corrected chi connectivity index (χ2v) is 6.14. The van der Waals surface area contributed by atoms with Crippen molar-refractivity contribution >= 4 is 17.5 Å². The van der Waals surface area contributed by atoms with Crippen LogP contribution in [0.1, 0.15) is 46.6 Å². The summed E-state index contributed by atoms with van der Waals surface area (Å²) in [4.78, 5) is 27.1. The maximum Gasteiger partial charge on any atom is 0.291 e. The molecule has 1 aliphatic rings. The van der Waals surface area contributed by atoms with Gasteiger partial charge in [0, 0.05) is 19.2 Å². The van der Waals surface area contributed by atoms with Gasteiger partial charge in [0.15, 0.2) is 5.76 Å². The zero-order chi connectivity index (χ0) is 17.6. The monoisotopic (exact) mass is 342 g/mol. The van der Waals surface area contributed by atoms with Crippen LogP contribution in [0.3, 0.4) is 0 Å². The van der Waals surface area contributed by atoms with Crippen molar-refractivity contribution in [2.45, 2.75) is 31.7 Å². The highest BCUT2D eigenvalue weighted by atomic mass is 16.3. The molecule has 0 radical (unpaired) electrons. The minimum atomic E-state index is -0.393. The maximum absolute atomic E-state index is 13.0. The third kappa shape index (κ3) is 3.91. The molecule has 0 saturated carbocycles. The number of hydrogen-bond acceptors (Lipinski definition) is 4. The van der Waals surface area contributed by atoms with Crippen LogP contribution in [0.4, 0.5) is 5.69 Å². The molecule has 1 aromatic carbocycles. The summed E-state index contributed by atoms with van der Waals surface area (Å²) in [5.41, 5.74) is 0.912. The molecule has 1 atom stereocenters. The highest BCUT2D eigenvalue weighted by Crippen LogP contribution is 2.25. The predicted molar refractivity (Wildman–Crippen MR) is 93.5 cm³/mol. The molecule has 0 spiro atoms. The third-order valence-corrected chi connectivity index (χ3v) is 4.50. The van der Waals surface area contributed by atoms with Crippen LogP contribution in [0.25, 0.3) is 0 Å². The van der Waals surface area contributed by atoms with E-state index in [2.05, 4.69) is 5.32 Å². The van der Waals surface area contributed by atoms with Crippen LogP contribution in [0.15, 0.2) is 47.1 Å². The number of nitrogens with one attached hydrogen (secondary N) is 1. The lowest BCUT2D eigenvalue weighted by Crippen LogP contribution is -2.44. The van der Waals surface area contributed by atoms with E-state index >= 15 is 0 Å². The second-order valence-electron chi connectivity index (χ2n) is 6.14. The molecule has 1 fully saturated rings. The summed E-state index contributed by atoms with van der Waals surface area (Å²) in [5.74, 6) is -0.317. The molecule has 2 amide bonds. The van der Waals surface area contributed by atoms with Crippen LogP contribution in [-0.2, 0) is 0 Å². The molecule has 2 N–H and O–H groups in total. The number of aliphatic hydroxyl groups excluding tert-OH is 1. The molecule has 0 aliphatic carbocycles. The van der Waals surface area contributed by atoms with Crippen LogP contribution < -0.4 is 5.32 Å². The Balaban J connectivity index is 1.81. The maximum atomic E-state index is 13.0. The van der Waals surface area contributed by atoms with Crippen LogP contribution >= 0.6 is 0 Å². The van der Waals surface area contributed by atoms with Crippen molar-refractivity contribution in [1.29, 1.82) is 0 Å². The number of benzene rings is 1. The summed E-state index contributed by atoms with van der Waals surface area (Å²) >= 11 is 0. The number of rotatable bonds is 5. The van der Waals surface area contributed by atoms with E-state index < -0.39 is 5.91 Å². The van der Waals surface area contributed by atoms with E-state index in [1.54, 1.807) is 36.4 Å². The third-order valence-electron chi connectivity index (χ3n) is 4.50. The first-order valence-electron chi connectivity index (χ1n) is 8.56. The van der Waals surface area contributed by atoms with Gasteiger partial charge >= 0.3 is 0 Å². The number of hydrogen-bond donors (Lipinski definition) is 2. The number of carbonyl (C=O) groups excluding carboxylic acids is 2. The molecule has 132 valence electrons. The normalized spacial score (nSPS) is 17.3. The molecule has 1 saturated heterocycles. The summed E-state index contributed by atoms with van der Waals surface area (Å²) in [6.45, 7) is 0.731. The molecule has 2 heterocycles. The van der Waals surface area contributed by atoms with Crippen LogP contribution in [0, 0.1) is 0 Å². The van der Waals surface area contributed by atoms with Gasteiger partial charge in [-0.3, -0.25) is 9.59 Å². The topological polar surface area (TPSA) is 82.8 Å². The molecule has 6 nitrogen and oxygen atoms in total. The highest BCUT2D eigenvalue weighted by molar-refractivity contribution is 6.07. The van der Waals surface area contributed by atoms with Crippen LogP contribution in [0.5, 0.6) is 0 Å². The van der Waals surface area contributed by atoms with Crippen molar-refractivity contribution in [2.24, 2.45) is 0 Å². The fraction of sp³-hybridized carbons (Fsp3) is 0.368. The van der Waals surface area contributed by atoms with Gasteiger partial charge in [-0.25, -0.2) is 0 Å². The van der Waals surface area contributed by atoms with Gasteiger partial charge in [-0.15, -0.1) is 0 Å². The zero-order valence-corrected chi connectivity index (χ0v) is 14.0. The molecular formula is C19H22N2O4. The van der Waals surface area contributed by atoms with Crippen molar-refractivity contribution in [3.05, 3.63) is 54.0 Å². The Bertz CT molecular complexity index is 725. The van der Waals surface area contributed by atoms with E-state index in [0.717, 1.165) is 19.3 Å². The van der Waals surface area contributed by atoms with Gasteiger partial charge in [-0.2, -0.15) is 0 Å². The SMILES string of the molecule is O=C(Nc1ccccc1C(=O)N1CCCC[C@H]1CCO)c1ccco1. The number of para-hydroxylation sites is 1. The van der Waals surface area contributed by atoms with E-state index in [1.807, 2.05) is 4.90 Å². The summed E-state index contributed by atoms with van der Waals surface area (Å²) in [7, 11) is 0. The quantitative estimate of drug-likeness (QED) is 0.875. The number of nitrogens with zero attached hydrogens (tertiary/aromatic N) is 1.